The van der Waals surface area contributed by atoms with E-state index in [4.69, 9.17) is 23.2 Å². The number of rotatable bonds is 3. The SMILES string of the molecule is CNC(c1ccc(C)c(Cl)c1)c1cc(C)c(F)cc1Cl. The van der Waals surface area contributed by atoms with Crippen LogP contribution in [-0.2, 0) is 0 Å². The van der Waals surface area contributed by atoms with E-state index in [9.17, 15) is 4.39 Å². The van der Waals surface area contributed by atoms with Crippen molar-refractivity contribution in [1.29, 1.82) is 0 Å². The van der Waals surface area contributed by atoms with E-state index in [2.05, 4.69) is 5.32 Å². The smallest absolute Gasteiger partial charge is 0.127 e. The number of hydrogen-bond donors (Lipinski definition) is 1. The lowest BCUT2D eigenvalue weighted by Crippen LogP contribution is -2.18. The Morgan fingerprint density at radius 1 is 1.00 bits per heavy atom. The summed E-state index contributed by atoms with van der Waals surface area (Å²) in [5, 5.41) is 4.32. The van der Waals surface area contributed by atoms with Gasteiger partial charge in [0, 0.05) is 10.0 Å². The lowest BCUT2D eigenvalue weighted by Gasteiger charge is -2.20. The van der Waals surface area contributed by atoms with E-state index in [1.54, 1.807) is 13.0 Å². The van der Waals surface area contributed by atoms with Crippen molar-refractivity contribution in [2.75, 3.05) is 7.05 Å². The number of benzene rings is 2. The molecule has 4 heteroatoms. The van der Waals surface area contributed by atoms with E-state index < -0.39 is 0 Å². The van der Waals surface area contributed by atoms with Crippen molar-refractivity contribution in [2.24, 2.45) is 0 Å². The highest BCUT2D eigenvalue weighted by Crippen LogP contribution is 2.32. The zero-order valence-electron chi connectivity index (χ0n) is 11.6. The van der Waals surface area contributed by atoms with E-state index in [1.165, 1.54) is 6.07 Å². The zero-order valence-corrected chi connectivity index (χ0v) is 13.1. The van der Waals surface area contributed by atoms with Crippen molar-refractivity contribution < 1.29 is 4.39 Å². The predicted molar refractivity (Wildman–Crippen MR) is 83.2 cm³/mol. The van der Waals surface area contributed by atoms with Gasteiger partial charge in [-0.05, 0) is 61.3 Å². The summed E-state index contributed by atoms with van der Waals surface area (Å²) in [6.45, 7) is 3.68. The Morgan fingerprint density at radius 2 is 1.70 bits per heavy atom. The van der Waals surface area contributed by atoms with Gasteiger partial charge in [0.25, 0.3) is 0 Å². The maximum Gasteiger partial charge on any atom is 0.127 e. The van der Waals surface area contributed by atoms with Crippen LogP contribution in [0.3, 0.4) is 0 Å². The highest BCUT2D eigenvalue weighted by atomic mass is 35.5. The summed E-state index contributed by atoms with van der Waals surface area (Å²) in [6.07, 6.45) is 0. The zero-order chi connectivity index (χ0) is 14.9. The van der Waals surface area contributed by atoms with Gasteiger partial charge in [0.1, 0.15) is 5.82 Å². The van der Waals surface area contributed by atoms with Crippen LogP contribution in [0.25, 0.3) is 0 Å². The van der Waals surface area contributed by atoms with E-state index in [0.717, 1.165) is 16.7 Å². The van der Waals surface area contributed by atoms with Gasteiger partial charge in [-0.15, -0.1) is 0 Å². The molecule has 0 saturated carbocycles. The summed E-state index contributed by atoms with van der Waals surface area (Å²) in [6, 6.07) is 8.87. The first-order valence-electron chi connectivity index (χ1n) is 6.33. The van der Waals surface area contributed by atoms with Crippen molar-refractivity contribution in [2.45, 2.75) is 19.9 Å². The van der Waals surface area contributed by atoms with E-state index in [-0.39, 0.29) is 11.9 Å². The fraction of sp³-hybridized carbons (Fsp3) is 0.250. The quantitative estimate of drug-likeness (QED) is 0.835. The summed E-state index contributed by atoms with van der Waals surface area (Å²) in [5.41, 5.74) is 3.43. The fourth-order valence-corrected chi connectivity index (χ4v) is 2.64. The number of nitrogens with one attached hydrogen (secondary N) is 1. The summed E-state index contributed by atoms with van der Waals surface area (Å²) in [7, 11) is 1.84. The lowest BCUT2D eigenvalue weighted by atomic mass is 9.96. The van der Waals surface area contributed by atoms with Crippen molar-refractivity contribution in [3.05, 3.63) is 68.4 Å². The molecule has 1 atom stereocenters. The predicted octanol–water partition coefficient (Wildman–Crippen LogP) is 5.06. The molecule has 0 spiro atoms. The third kappa shape index (κ3) is 2.98. The summed E-state index contributed by atoms with van der Waals surface area (Å²) in [4.78, 5) is 0. The molecule has 0 fully saturated rings. The summed E-state index contributed by atoms with van der Waals surface area (Å²) in [5.74, 6) is -0.296. The molecule has 0 saturated heterocycles. The Hall–Kier alpha value is -1.09. The van der Waals surface area contributed by atoms with Crippen LogP contribution in [0.4, 0.5) is 4.39 Å². The van der Waals surface area contributed by atoms with Crippen LogP contribution < -0.4 is 5.32 Å². The minimum atomic E-state index is -0.296. The van der Waals surface area contributed by atoms with Gasteiger partial charge in [-0.2, -0.15) is 0 Å². The van der Waals surface area contributed by atoms with Gasteiger partial charge in [-0.1, -0.05) is 35.3 Å². The molecule has 0 aromatic heterocycles. The van der Waals surface area contributed by atoms with Crippen LogP contribution in [0.1, 0.15) is 28.3 Å². The van der Waals surface area contributed by atoms with Crippen LogP contribution in [-0.4, -0.2) is 7.05 Å². The second kappa shape index (κ2) is 6.13. The maximum atomic E-state index is 13.5. The molecule has 0 aliphatic carbocycles. The normalized spacial score (nSPS) is 12.5. The molecule has 1 unspecified atom stereocenters. The van der Waals surface area contributed by atoms with Crippen molar-refractivity contribution in [3.63, 3.8) is 0 Å². The van der Waals surface area contributed by atoms with Crippen LogP contribution in [0.2, 0.25) is 10.0 Å². The Labute approximate surface area is 128 Å². The summed E-state index contributed by atoms with van der Waals surface area (Å²) >= 11 is 12.4. The molecule has 20 heavy (non-hydrogen) atoms. The average molecular weight is 312 g/mol. The molecule has 2 rings (SSSR count). The summed E-state index contributed by atoms with van der Waals surface area (Å²) < 4.78 is 13.5. The third-order valence-corrected chi connectivity index (χ3v) is 4.14. The molecule has 0 aliphatic heterocycles. The fourth-order valence-electron chi connectivity index (χ4n) is 2.19. The van der Waals surface area contributed by atoms with E-state index in [0.29, 0.717) is 15.6 Å². The number of hydrogen-bond acceptors (Lipinski definition) is 1. The standard InChI is InChI=1S/C16H16Cl2FN/c1-9-4-5-11(7-13(9)17)16(20-3)12-6-10(2)15(19)8-14(12)18/h4-8,16,20H,1-3H3. The first-order valence-corrected chi connectivity index (χ1v) is 7.08. The molecule has 0 radical (unpaired) electrons. The van der Waals surface area contributed by atoms with Gasteiger partial charge in [0.05, 0.1) is 6.04 Å². The molecule has 0 amide bonds. The van der Waals surface area contributed by atoms with E-state index in [1.807, 2.05) is 32.2 Å². The molecular weight excluding hydrogens is 296 g/mol. The largest absolute Gasteiger partial charge is 0.309 e. The molecule has 2 aromatic carbocycles. The highest BCUT2D eigenvalue weighted by Gasteiger charge is 2.17. The van der Waals surface area contributed by atoms with Crippen LogP contribution >= 0.6 is 23.2 Å². The lowest BCUT2D eigenvalue weighted by molar-refractivity contribution is 0.614. The van der Waals surface area contributed by atoms with Gasteiger partial charge >= 0.3 is 0 Å². The Kier molecular flexibility index (Phi) is 4.69. The van der Waals surface area contributed by atoms with Gasteiger partial charge in [0.15, 0.2) is 0 Å². The first kappa shape index (κ1) is 15.3. The number of halogens is 3. The first-order chi connectivity index (χ1) is 9.43. The molecule has 106 valence electrons. The molecular formula is C16H16Cl2FN. The van der Waals surface area contributed by atoms with Crippen molar-refractivity contribution in [1.82, 2.24) is 5.32 Å². The Bertz CT molecular complexity index is 641. The van der Waals surface area contributed by atoms with Crippen molar-refractivity contribution in [3.8, 4) is 0 Å². The van der Waals surface area contributed by atoms with Crippen molar-refractivity contribution >= 4 is 23.2 Å². The van der Waals surface area contributed by atoms with Gasteiger partial charge in [-0.25, -0.2) is 4.39 Å². The molecule has 1 N–H and O–H groups in total. The number of aryl methyl sites for hydroxylation is 2. The molecule has 0 aliphatic rings. The molecule has 0 bridgehead atoms. The van der Waals surface area contributed by atoms with Gasteiger partial charge in [-0.3, -0.25) is 0 Å². The van der Waals surface area contributed by atoms with Crippen LogP contribution in [0, 0.1) is 19.7 Å². The second-order valence-corrected chi connectivity index (χ2v) is 5.67. The molecule has 0 heterocycles. The van der Waals surface area contributed by atoms with Gasteiger partial charge in [0.2, 0.25) is 0 Å². The minimum Gasteiger partial charge on any atom is -0.309 e. The minimum absolute atomic E-state index is 0.125. The second-order valence-electron chi connectivity index (χ2n) is 4.85. The molecule has 1 nitrogen and oxygen atoms in total. The topological polar surface area (TPSA) is 12.0 Å². The van der Waals surface area contributed by atoms with Crippen LogP contribution in [0.15, 0.2) is 30.3 Å². The molecule has 2 aromatic rings. The monoisotopic (exact) mass is 311 g/mol. The maximum absolute atomic E-state index is 13.5. The average Bonchev–Trinajstić information content (AvgIpc) is 2.40. The third-order valence-electron chi connectivity index (χ3n) is 3.41. The Morgan fingerprint density at radius 3 is 2.30 bits per heavy atom. The Balaban J connectivity index is 2.52. The van der Waals surface area contributed by atoms with Crippen LogP contribution in [0.5, 0.6) is 0 Å². The highest BCUT2D eigenvalue weighted by molar-refractivity contribution is 6.32. The van der Waals surface area contributed by atoms with Gasteiger partial charge < -0.3 is 5.32 Å². The van der Waals surface area contributed by atoms with E-state index >= 15 is 0 Å².